The van der Waals surface area contributed by atoms with Crippen molar-refractivity contribution in [2.45, 2.75) is 38.1 Å². The first-order valence-corrected chi connectivity index (χ1v) is 7.44. The van der Waals surface area contributed by atoms with E-state index in [-0.39, 0.29) is 0 Å². The van der Waals surface area contributed by atoms with Gasteiger partial charge in [-0.3, -0.25) is 0 Å². The van der Waals surface area contributed by atoms with Crippen molar-refractivity contribution in [3.8, 4) is 0 Å². The maximum absolute atomic E-state index is 8.61. The molecule has 0 aromatic carbocycles. The minimum atomic E-state index is -2.34. The number of aliphatic hydroxyl groups excluding tert-OH is 1. The summed E-state index contributed by atoms with van der Waals surface area (Å²) in [7, 11) is 2.60. The van der Waals surface area contributed by atoms with Crippen molar-refractivity contribution in [3.63, 3.8) is 0 Å². The molecule has 1 N–H and O–H groups in total. The molecule has 0 rings (SSSR count). The molecule has 5 heteroatoms. The number of rotatable bonds is 10. The summed E-state index contributed by atoms with van der Waals surface area (Å²) in [5.41, 5.74) is 0. The summed E-state index contributed by atoms with van der Waals surface area (Å²) < 4.78 is 16.0. The van der Waals surface area contributed by atoms with Crippen LogP contribution in [0, 0.1) is 0 Å². The van der Waals surface area contributed by atoms with Crippen LogP contribution in [0.4, 0.5) is 0 Å². The van der Waals surface area contributed by atoms with Crippen molar-refractivity contribution in [1.29, 1.82) is 0 Å². The second-order valence-electron chi connectivity index (χ2n) is 3.54. The summed E-state index contributed by atoms with van der Waals surface area (Å²) in [6.07, 6.45) is 5.36. The standard InChI is InChI=1S/C10H24O4Si/c1-12-15(13-2,14-3)10-8-6-4-5-7-9-11/h11H,4-10H2,1-3H3. The van der Waals surface area contributed by atoms with Crippen molar-refractivity contribution in [2.24, 2.45) is 0 Å². The normalized spacial score (nSPS) is 12.0. The highest BCUT2D eigenvalue weighted by atomic mass is 28.4. The molecule has 0 aliphatic rings. The Balaban J connectivity index is 3.54. The predicted octanol–water partition coefficient (Wildman–Crippen LogP) is 1.81. The largest absolute Gasteiger partial charge is 0.500 e. The van der Waals surface area contributed by atoms with Crippen molar-refractivity contribution < 1.29 is 18.4 Å². The number of hydrogen-bond donors (Lipinski definition) is 1. The van der Waals surface area contributed by atoms with Crippen LogP contribution in [-0.2, 0) is 13.3 Å². The molecule has 0 saturated carbocycles. The third-order valence-corrected chi connectivity index (χ3v) is 5.41. The van der Waals surface area contributed by atoms with Gasteiger partial charge in [-0.2, -0.15) is 0 Å². The summed E-state index contributed by atoms with van der Waals surface area (Å²) >= 11 is 0. The van der Waals surface area contributed by atoms with Gasteiger partial charge in [0.05, 0.1) is 0 Å². The quantitative estimate of drug-likeness (QED) is 0.464. The molecule has 0 aromatic heterocycles. The molecule has 0 unspecified atom stereocenters. The van der Waals surface area contributed by atoms with Crippen molar-refractivity contribution in [3.05, 3.63) is 0 Å². The first-order chi connectivity index (χ1) is 7.24. The zero-order valence-corrected chi connectivity index (χ0v) is 11.1. The van der Waals surface area contributed by atoms with Gasteiger partial charge in [0, 0.05) is 34.0 Å². The summed E-state index contributed by atoms with van der Waals surface area (Å²) in [5.74, 6) is 0. The molecule has 0 saturated heterocycles. The van der Waals surface area contributed by atoms with Gasteiger partial charge in [0.1, 0.15) is 0 Å². The van der Waals surface area contributed by atoms with E-state index in [1.165, 1.54) is 0 Å². The molecule has 0 bridgehead atoms. The molecule has 0 aliphatic carbocycles. The molecule has 0 fully saturated rings. The molecule has 0 atom stereocenters. The maximum atomic E-state index is 8.61. The third kappa shape index (κ3) is 6.27. The Morgan fingerprint density at radius 2 is 1.27 bits per heavy atom. The van der Waals surface area contributed by atoms with E-state index in [0.717, 1.165) is 38.1 Å². The van der Waals surface area contributed by atoms with Gasteiger partial charge in [0.2, 0.25) is 0 Å². The fourth-order valence-corrected chi connectivity index (χ4v) is 3.34. The van der Waals surface area contributed by atoms with E-state index in [2.05, 4.69) is 0 Å². The van der Waals surface area contributed by atoms with Gasteiger partial charge in [-0.05, 0) is 12.8 Å². The lowest BCUT2D eigenvalue weighted by molar-refractivity contribution is 0.122. The molecule has 0 spiro atoms. The van der Waals surface area contributed by atoms with Gasteiger partial charge < -0.3 is 18.4 Å². The summed E-state index contributed by atoms with van der Waals surface area (Å²) in [6, 6.07) is 0.871. The van der Waals surface area contributed by atoms with Gasteiger partial charge >= 0.3 is 8.80 Å². The highest BCUT2D eigenvalue weighted by Crippen LogP contribution is 2.17. The average molecular weight is 236 g/mol. The van der Waals surface area contributed by atoms with E-state index in [1.54, 1.807) is 21.3 Å². The summed E-state index contributed by atoms with van der Waals surface area (Å²) in [6.45, 7) is 0.299. The number of aliphatic hydroxyl groups is 1. The Bertz CT molecular complexity index is 131. The van der Waals surface area contributed by atoms with E-state index >= 15 is 0 Å². The van der Waals surface area contributed by atoms with Crippen LogP contribution in [0.2, 0.25) is 6.04 Å². The zero-order valence-electron chi connectivity index (χ0n) is 10.1. The van der Waals surface area contributed by atoms with Gasteiger partial charge in [-0.25, -0.2) is 0 Å². The van der Waals surface area contributed by atoms with E-state index in [0.29, 0.717) is 6.61 Å². The first-order valence-electron chi connectivity index (χ1n) is 5.51. The van der Waals surface area contributed by atoms with Crippen molar-refractivity contribution >= 4 is 8.80 Å². The summed E-state index contributed by atoms with van der Waals surface area (Å²) in [5, 5.41) is 8.61. The summed E-state index contributed by atoms with van der Waals surface area (Å²) in [4.78, 5) is 0. The van der Waals surface area contributed by atoms with E-state index < -0.39 is 8.80 Å². The molecular weight excluding hydrogens is 212 g/mol. The highest BCUT2D eigenvalue weighted by molar-refractivity contribution is 6.60. The Morgan fingerprint density at radius 3 is 1.73 bits per heavy atom. The molecule has 92 valence electrons. The number of unbranched alkanes of at least 4 members (excludes halogenated alkanes) is 4. The van der Waals surface area contributed by atoms with Crippen molar-refractivity contribution in [1.82, 2.24) is 0 Å². The topological polar surface area (TPSA) is 47.9 Å². The van der Waals surface area contributed by atoms with Crippen LogP contribution in [0.5, 0.6) is 0 Å². The molecule has 0 aliphatic heterocycles. The Labute approximate surface area is 93.9 Å². The van der Waals surface area contributed by atoms with E-state index in [1.807, 2.05) is 0 Å². The molecule has 0 amide bonds. The lowest BCUT2D eigenvalue weighted by Crippen LogP contribution is -2.42. The van der Waals surface area contributed by atoms with Crippen LogP contribution in [-0.4, -0.2) is 41.8 Å². The Kier molecular flexibility index (Phi) is 9.33. The molecule has 4 nitrogen and oxygen atoms in total. The van der Waals surface area contributed by atoms with Crippen LogP contribution in [0.15, 0.2) is 0 Å². The molecular formula is C10H24O4Si. The van der Waals surface area contributed by atoms with Crippen LogP contribution >= 0.6 is 0 Å². The first kappa shape index (κ1) is 15.1. The molecule has 0 heterocycles. The monoisotopic (exact) mass is 236 g/mol. The zero-order chi connectivity index (χ0) is 11.6. The third-order valence-electron chi connectivity index (χ3n) is 2.57. The van der Waals surface area contributed by atoms with Gasteiger partial charge in [0.15, 0.2) is 0 Å². The molecule has 0 radical (unpaired) electrons. The second-order valence-corrected chi connectivity index (χ2v) is 6.63. The SMILES string of the molecule is CO[Si](CCCCCCCO)(OC)OC. The van der Waals surface area contributed by atoms with Gasteiger partial charge in [0.25, 0.3) is 0 Å². The van der Waals surface area contributed by atoms with Crippen LogP contribution in [0.25, 0.3) is 0 Å². The fourth-order valence-electron chi connectivity index (χ4n) is 1.54. The van der Waals surface area contributed by atoms with E-state index in [4.69, 9.17) is 18.4 Å². The predicted molar refractivity (Wildman–Crippen MR) is 61.8 cm³/mol. The highest BCUT2D eigenvalue weighted by Gasteiger charge is 2.36. The average Bonchev–Trinajstić information content (AvgIpc) is 2.29. The Morgan fingerprint density at radius 1 is 0.800 bits per heavy atom. The van der Waals surface area contributed by atoms with Gasteiger partial charge in [-0.15, -0.1) is 0 Å². The minimum absolute atomic E-state index is 0.299. The van der Waals surface area contributed by atoms with Crippen LogP contribution < -0.4 is 0 Å². The fraction of sp³-hybridized carbons (Fsp3) is 1.00. The van der Waals surface area contributed by atoms with Gasteiger partial charge in [-0.1, -0.05) is 19.3 Å². The smallest absolute Gasteiger partial charge is 0.396 e. The van der Waals surface area contributed by atoms with Crippen LogP contribution in [0.3, 0.4) is 0 Å². The van der Waals surface area contributed by atoms with Crippen molar-refractivity contribution in [2.75, 3.05) is 27.9 Å². The second kappa shape index (κ2) is 9.29. The molecule has 15 heavy (non-hydrogen) atoms. The molecule has 0 aromatic rings. The lowest BCUT2D eigenvalue weighted by atomic mass is 10.2. The lowest BCUT2D eigenvalue weighted by Gasteiger charge is -2.24. The minimum Gasteiger partial charge on any atom is -0.396 e. The number of hydrogen-bond acceptors (Lipinski definition) is 4. The van der Waals surface area contributed by atoms with E-state index in [9.17, 15) is 0 Å². The van der Waals surface area contributed by atoms with Crippen LogP contribution in [0.1, 0.15) is 32.1 Å². The maximum Gasteiger partial charge on any atom is 0.500 e. The Hall–Kier alpha value is 0.0569.